The molecule has 0 radical (unpaired) electrons. The molecule has 18 heavy (non-hydrogen) atoms. The standard InChI is InChI=1S/C12H18O5S/c1-3-18(14,15)9-10(13)8-17-12-7-5-4-6-11(12)16-2/h4-7,10,13H,3,8-9H2,1-2H3. The zero-order valence-corrected chi connectivity index (χ0v) is 11.3. The largest absolute Gasteiger partial charge is 0.493 e. The zero-order chi connectivity index (χ0) is 13.6. The highest BCUT2D eigenvalue weighted by Crippen LogP contribution is 2.25. The van der Waals surface area contributed by atoms with Gasteiger partial charge in [0.15, 0.2) is 21.3 Å². The number of rotatable bonds is 7. The first-order valence-corrected chi connectivity index (χ1v) is 7.45. The van der Waals surface area contributed by atoms with Crippen LogP contribution in [0.25, 0.3) is 0 Å². The maximum absolute atomic E-state index is 11.3. The Bertz CT molecular complexity index is 469. The minimum Gasteiger partial charge on any atom is -0.493 e. The molecule has 0 aliphatic carbocycles. The number of methoxy groups -OCH3 is 1. The van der Waals surface area contributed by atoms with Gasteiger partial charge in [-0.1, -0.05) is 19.1 Å². The number of hydrogen-bond donors (Lipinski definition) is 1. The second-order valence-electron chi connectivity index (χ2n) is 3.81. The molecule has 0 amide bonds. The second kappa shape index (κ2) is 6.61. The number of benzene rings is 1. The number of para-hydroxylation sites is 2. The lowest BCUT2D eigenvalue weighted by Gasteiger charge is -2.14. The number of sulfone groups is 1. The van der Waals surface area contributed by atoms with Crippen molar-refractivity contribution >= 4 is 9.84 Å². The van der Waals surface area contributed by atoms with E-state index in [9.17, 15) is 13.5 Å². The van der Waals surface area contributed by atoms with E-state index in [1.807, 2.05) is 0 Å². The summed E-state index contributed by atoms with van der Waals surface area (Å²) >= 11 is 0. The quantitative estimate of drug-likeness (QED) is 0.798. The fourth-order valence-electron chi connectivity index (χ4n) is 1.38. The predicted octanol–water partition coefficient (Wildman–Crippen LogP) is 0.870. The first-order valence-electron chi connectivity index (χ1n) is 5.63. The molecule has 1 N–H and O–H groups in total. The Labute approximate surface area is 107 Å². The molecule has 1 aromatic carbocycles. The molecule has 0 bridgehead atoms. The first-order chi connectivity index (χ1) is 8.48. The van der Waals surface area contributed by atoms with E-state index in [1.165, 1.54) is 7.11 Å². The fourth-order valence-corrected chi connectivity index (χ4v) is 2.30. The highest BCUT2D eigenvalue weighted by atomic mass is 32.2. The van der Waals surface area contributed by atoms with Gasteiger partial charge in [-0.3, -0.25) is 0 Å². The summed E-state index contributed by atoms with van der Waals surface area (Å²) in [6, 6.07) is 6.99. The molecular formula is C12H18O5S. The van der Waals surface area contributed by atoms with Crippen molar-refractivity contribution in [3.05, 3.63) is 24.3 Å². The summed E-state index contributed by atoms with van der Waals surface area (Å²) in [6.45, 7) is 1.46. The van der Waals surface area contributed by atoms with Gasteiger partial charge in [0.25, 0.3) is 0 Å². The van der Waals surface area contributed by atoms with Crippen LogP contribution in [0.1, 0.15) is 6.92 Å². The monoisotopic (exact) mass is 274 g/mol. The van der Waals surface area contributed by atoms with Crippen LogP contribution in [-0.2, 0) is 9.84 Å². The molecule has 0 saturated carbocycles. The van der Waals surface area contributed by atoms with E-state index in [2.05, 4.69) is 0 Å². The summed E-state index contributed by atoms with van der Waals surface area (Å²) in [7, 11) is -1.69. The van der Waals surface area contributed by atoms with Crippen LogP contribution in [0.4, 0.5) is 0 Å². The third kappa shape index (κ3) is 4.54. The maximum Gasteiger partial charge on any atom is 0.161 e. The predicted molar refractivity (Wildman–Crippen MR) is 68.8 cm³/mol. The average molecular weight is 274 g/mol. The highest BCUT2D eigenvalue weighted by molar-refractivity contribution is 7.91. The van der Waals surface area contributed by atoms with Crippen molar-refractivity contribution in [3.63, 3.8) is 0 Å². The summed E-state index contributed by atoms with van der Waals surface area (Å²) in [5.41, 5.74) is 0. The van der Waals surface area contributed by atoms with Crippen molar-refractivity contribution in [1.29, 1.82) is 0 Å². The van der Waals surface area contributed by atoms with Crippen LogP contribution in [0.5, 0.6) is 11.5 Å². The van der Waals surface area contributed by atoms with E-state index >= 15 is 0 Å². The average Bonchev–Trinajstić information content (AvgIpc) is 2.36. The van der Waals surface area contributed by atoms with Crippen LogP contribution in [0.2, 0.25) is 0 Å². The molecule has 6 heteroatoms. The molecule has 0 saturated heterocycles. The van der Waals surface area contributed by atoms with Gasteiger partial charge in [0.2, 0.25) is 0 Å². The minimum absolute atomic E-state index is 0.0126. The lowest BCUT2D eigenvalue weighted by atomic mass is 10.3. The third-order valence-electron chi connectivity index (χ3n) is 2.39. The molecular weight excluding hydrogens is 256 g/mol. The number of aliphatic hydroxyl groups excluding tert-OH is 1. The van der Waals surface area contributed by atoms with Gasteiger partial charge in [-0.25, -0.2) is 8.42 Å². The van der Waals surface area contributed by atoms with E-state index in [1.54, 1.807) is 31.2 Å². The van der Waals surface area contributed by atoms with E-state index < -0.39 is 15.9 Å². The molecule has 0 fully saturated rings. The molecule has 1 atom stereocenters. The molecule has 0 aliphatic rings. The lowest BCUT2D eigenvalue weighted by Crippen LogP contribution is -2.28. The van der Waals surface area contributed by atoms with Gasteiger partial charge < -0.3 is 14.6 Å². The normalized spacial score (nSPS) is 13.1. The molecule has 5 nitrogen and oxygen atoms in total. The second-order valence-corrected chi connectivity index (χ2v) is 6.21. The van der Waals surface area contributed by atoms with Gasteiger partial charge in [0.1, 0.15) is 12.7 Å². The third-order valence-corrected chi connectivity index (χ3v) is 4.16. The Hall–Kier alpha value is -1.27. The van der Waals surface area contributed by atoms with Crippen LogP contribution < -0.4 is 9.47 Å². The molecule has 1 rings (SSSR count). The highest BCUT2D eigenvalue weighted by Gasteiger charge is 2.16. The van der Waals surface area contributed by atoms with Crippen molar-refractivity contribution in [3.8, 4) is 11.5 Å². The van der Waals surface area contributed by atoms with E-state index in [-0.39, 0.29) is 18.1 Å². The van der Waals surface area contributed by atoms with Crippen LogP contribution >= 0.6 is 0 Å². The number of ether oxygens (including phenoxy) is 2. The van der Waals surface area contributed by atoms with Gasteiger partial charge in [0.05, 0.1) is 12.9 Å². The summed E-state index contributed by atoms with van der Waals surface area (Å²) in [4.78, 5) is 0. The van der Waals surface area contributed by atoms with Crippen molar-refractivity contribution in [2.75, 3.05) is 25.2 Å². The summed E-state index contributed by atoms with van der Waals surface area (Å²) in [5.74, 6) is 0.744. The first kappa shape index (κ1) is 14.8. The van der Waals surface area contributed by atoms with Gasteiger partial charge >= 0.3 is 0 Å². The molecule has 102 valence electrons. The van der Waals surface area contributed by atoms with E-state index in [0.717, 1.165) is 0 Å². The SMILES string of the molecule is CCS(=O)(=O)CC(O)COc1ccccc1OC. The number of aliphatic hydroxyl groups is 1. The van der Waals surface area contributed by atoms with E-state index in [4.69, 9.17) is 9.47 Å². The van der Waals surface area contributed by atoms with Crippen LogP contribution in [0.3, 0.4) is 0 Å². The molecule has 0 spiro atoms. The minimum atomic E-state index is -3.20. The van der Waals surface area contributed by atoms with Gasteiger partial charge in [-0.2, -0.15) is 0 Å². The molecule has 0 heterocycles. The van der Waals surface area contributed by atoms with Crippen molar-refractivity contribution < 1.29 is 23.0 Å². The Morgan fingerprint density at radius 3 is 2.44 bits per heavy atom. The summed E-state index contributed by atoms with van der Waals surface area (Å²) in [6.07, 6.45) is -1.04. The van der Waals surface area contributed by atoms with Crippen LogP contribution in [0.15, 0.2) is 24.3 Å². The van der Waals surface area contributed by atoms with Crippen LogP contribution in [-0.4, -0.2) is 44.9 Å². The van der Waals surface area contributed by atoms with Gasteiger partial charge in [-0.15, -0.1) is 0 Å². The topological polar surface area (TPSA) is 72.8 Å². The van der Waals surface area contributed by atoms with Crippen molar-refractivity contribution in [1.82, 2.24) is 0 Å². The lowest BCUT2D eigenvalue weighted by molar-refractivity contribution is 0.123. The smallest absolute Gasteiger partial charge is 0.161 e. The Balaban J connectivity index is 2.55. The zero-order valence-electron chi connectivity index (χ0n) is 10.5. The molecule has 0 aliphatic heterocycles. The Kier molecular flexibility index (Phi) is 5.43. The van der Waals surface area contributed by atoms with Crippen molar-refractivity contribution in [2.24, 2.45) is 0 Å². The molecule has 0 aromatic heterocycles. The Morgan fingerprint density at radius 2 is 1.89 bits per heavy atom. The molecule has 1 aromatic rings. The Morgan fingerprint density at radius 1 is 1.28 bits per heavy atom. The van der Waals surface area contributed by atoms with Crippen molar-refractivity contribution in [2.45, 2.75) is 13.0 Å². The van der Waals surface area contributed by atoms with Gasteiger partial charge in [0, 0.05) is 5.75 Å². The summed E-state index contributed by atoms with van der Waals surface area (Å²) in [5, 5.41) is 9.60. The van der Waals surface area contributed by atoms with E-state index in [0.29, 0.717) is 11.5 Å². The number of hydrogen-bond acceptors (Lipinski definition) is 5. The maximum atomic E-state index is 11.3. The van der Waals surface area contributed by atoms with Gasteiger partial charge in [-0.05, 0) is 12.1 Å². The fraction of sp³-hybridized carbons (Fsp3) is 0.500. The molecule has 1 unspecified atom stereocenters. The van der Waals surface area contributed by atoms with Crippen LogP contribution in [0, 0.1) is 0 Å². The summed E-state index contributed by atoms with van der Waals surface area (Å²) < 4.78 is 33.0.